The van der Waals surface area contributed by atoms with Gasteiger partial charge in [0, 0.05) is 0 Å². The number of nitrogens with zero attached hydrogens (tertiary/aromatic N) is 2. The minimum absolute atomic E-state index is 0.358. The topological polar surface area (TPSA) is 63.8 Å². The van der Waals surface area contributed by atoms with Crippen molar-refractivity contribution in [2.45, 2.75) is 6.36 Å². The summed E-state index contributed by atoms with van der Waals surface area (Å²) in [5.41, 5.74) is 0.358. The van der Waals surface area contributed by atoms with Crippen LogP contribution in [0.25, 0.3) is 5.52 Å². The van der Waals surface area contributed by atoms with Crippen LogP contribution < -0.4 is 4.74 Å². The molecule has 0 aliphatic rings. The molecule has 2 heterocycles. The van der Waals surface area contributed by atoms with Gasteiger partial charge in [-0.1, -0.05) is 0 Å². The second-order valence-electron chi connectivity index (χ2n) is 3.09. The molecule has 0 fully saturated rings. The number of imidazole rings is 1. The van der Waals surface area contributed by atoms with Crippen LogP contribution >= 0.6 is 0 Å². The zero-order chi connectivity index (χ0) is 12.6. The molecule has 2 aromatic rings. The van der Waals surface area contributed by atoms with Crippen molar-refractivity contribution in [3.8, 4) is 5.75 Å². The van der Waals surface area contributed by atoms with E-state index in [1.54, 1.807) is 0 Å². The summed E-state index contributed by atoms with van der Waals surface area (Å²) in [6.07, 6.45) is -2.67. The largest absolute Gasteiger partial charge is 0.573 e. The Bertz CT molecular complexity index is 576. The van der Waals surface area contributed by atoms with Crippen LogP contribution in [-0.2, 0) is 0 Å². The zero-order valence-corrected chi connectivity index (χ0v) is 8.10. The number of rotatable bonds is 2. The van der Waals surface area contributed by atoms with Crippen molar-refractivity contribution in [2.75, 3.05) is 0 Å². The fourth-order valence-corrected chi connectivity index (χ4v) is 1.32. The van der Waals surface area contributed by atoms with Crippen LogP contribution in [-0.4, -0.2) is 26.8 Å². The molecule has 2 aromatic heterocycles. The Morgan fingerprint density at radius 2 is 2.12 bits per heavy atom. The van der Waals surface area contributed by atoms with Gasteiger partial charge in [0.15, 0.2) is 0 Å². The Kier molecular flexibility index (Phi) is 2.41. The van der Waals surface area contributed by atoms with E-state index in [2.05, 4.69) is 9.72 Å². The molecule has 0 bridgehead atoms. The molecule has 0 aromatic carbocycles. The van der Waals surface area contributed by atoms with E-state index in [1.807, 2.05) is 0 Å². The second kappa shape index (κ2) is 3.65. The minimum Gasteiger partial charge on any atom is -0.475 e. The van der Waals surface area contributed by atoms with Crippen LogP contribution in [0.15, 0.2) is 24.5 Å². The summed E-state index contributed by atoms with van der Waals surface area (Å²) >= 11 is 0. The van der Waals surface area contributed by atoms with Crippen LogP contribution in [0, 0.1) is 0 Å². The third kappa shape index (κ3) is 2.30. The highest BCUT2D eigenvalue weighted by molar-refractivity contribution is 5.85. The molecule has 0 aliphatic heterocycles. The Balaban J connectivity index is 2.48. The van der Waals surface area contributed by atoms with Crippen LogP contribution in [0.5, 0.6) is 5.75 Å². The molecule has 0 radical (unpaired) electrons. The summed E-state index contributed by atoms with van der Waals surface area (Å²) in [7, 11) is 0. The van der Waals surface area contributed by atoms with E-state index in [0.717, 1.165) is 16.7 Å². The first kappa shape index (κ1) is 11.2. The van der Waals surface area contributed by atoms with Gasteiger partial charge in [0.05, 0.1) is 17.9 Å². The van der Waals surface area contributed by atoms with Gasteiger partial charge in [0.1, 0.15) is 5.75 Å². The normalized spacial score (nSPS) is 11.7. The number of aromatic nitrogens is 2. The van der Waals surface area contributed by atoms with Crippen molar-refractivity contribution < 1.29 is 27.8 Å². The van der Waals surface area contributed by atoms with E-state index in [0.29, 0.717) is 5.52 Å². The van der Waals surface area contributed by atoms with Gasteiger partial charge < -0.3 is 9.84 Å². The maximum absolute atomic E-state index is 12.0. The number of pyridine rings is 1. The Labute approximate surface area is 92.1 Å². The van der Waals surface area contributed by atoms with Gasteiger partial charge in [-0.25, -0.2) is 9.78 Å². The first-order valence-corrected chi connectivity index (χ1v) is 4.33. The number of alkyl halides is 3. The first-order chi connectivity index (χ1) is 7.87. The lowest BCUT2D eigenvalue weighted by Crippen LogP contribution is -2.17. The Morgan fingerprint density at radius 1 is 1.41 bits per heavy atom. The highest BCUT2D eigenvalue weighted by Gasteiger charge is 2.31. The summed E-state index contributed by atoms with van der Waals surface area (Å²) in [5.74, 6) is -2.23. The van der Waals surface area contributed by atoms with Crippen LogP contribution in [0.3, 0.4) is 0 Å². The molecule has 8 heteroatoms. The van der Waals surface area contributed by atoms with Gasteiger partial charge in [0.2, 0.25) is 5.82 Å². The summed E-state index contributed by atoms with van der Waals surface area (Å²) in [5, 5.41) is 8.75. The van der Waals surface area contributed by atoms with Gasteiger partial charge in [-0.05, 0) is 12.1 Å². The van der Waals surface area contributed by atoms with E-state index >= 15 is 0 Å². The smallest absolute Gasteiger partial charge is 0.475 e. The Hall–Kier alpha value is -2.25. The van der Waals surface area contributed by atoms with E-state index in [1.165, 1.54) is 12.3 Å². The Morgan fingerprint density at radius 3 is 2.71 bits per heavy atom. The predicted molar refractivity (Wildman–Crippen MR) is 48.8 cm³/mol. The molecule has 5 nitrogen and oxygen atoms in total. The fourth-order valence-electron chi connectivity index (χ4n) is 1.32. The average molecular weight is 246 g/mol. The maximum atomic E-state index is 12.0. The van der Waals surface area contributed by atoms with Crippen molar-refractivity contribution >= 4 is 11.5 Å². The fraction of sp³-hybridized carbons (Fsp3) is 0.111. The van der Waals surface area contributed by atoms with Crippen molar-refractivity contribution in [1.29, 1.82) is 0 Å². The second-order valence-corrected chi connectivity index (χ2v) is 3.09. The van der Waals surface area contributed by atoms with E-state index in [-0.39, 0.29) is 5.82 Å². The van der Waals surface area contributed by atoms with Gasteiger partial charge in [-0.3, -0.25) is 4.40 Å². The molecule has 0 atom stereocenters. The lowest BCUT2D eigenvalue weighted by Gasteiger charge is -2.09. The molecule has 0 spiro atoms. The molecule has 2 rings (SSSR count). The number of ether oxygens (including phenoxy) is 1. The van der Waals surface area contributed by atoms with Crippen LogP contribution in [0.2, 0.25) is 0 Å². The predicted octanol–water partition coefficient (Wildman–Crippen LogP) is 1.93. The highest BCUT2D eigenvalue weighted by Crippen LogP contribution is 2.23. The summed E-state index contributed by atoms with van der Waals surface area (Å²) in [6.45, 7) is 0. The molecule has 0 aliphatic carbocycles. The first-order valence-electron chi connectivity index (χ1n) is 4.33. The van der Waals surface area contributed by atoms with Crippen LogP contribution in [0.1, 0.15) is 10.6 Å². The summed E-state index contributed by atoms with van der Waals surface area (Å²) in [6, 6.07) is 2.36. The number of carbonyl (C=O) groups is 1. The third-order valence-electron chi connectivity index (χ3n) is 1.93. The molecule has 1 N–H and O–H groups in total. The van der Waals surface area contributed by atoms with Crippen molar-refractivity contribution in [1.82, 2.24) is 9.38 Å². The number of aromatic carboxylic acids is 1. The number of halogens is 3. The van der Waals surface area contributed by atoms with E-state index in [4.69, 9.17) is 5.11 Å². The van der Waals surface area contributed by atoms with E-state index < -0.39 is 18.1 Å². The van der Waals surface area contributed by atoms with Crippen molar-refractivity contribution in [2.24, 2.45) is 0 Å². The van der Waals surface area contributed by atoms with Crippen LogP contribution in [0.4, 0.5) is 13.2 Å². The monoisotopic (exact) mass is 246 g/mol. The standard InChI is InChI=1S/C9H5F3N2O3/c10-9(11,12)17-6-2-1-5-3-13-7(8(15)16)14(5)4-6/h1-4H,(H,15,16). The molecule has 90 valence electrons. The third-order valence-corrected chi connectivity index (χ3v) is 1.93. The quantitative estimate of drug-likeness (QED) is 0.879. The van der Waals surface area contributed by atoms with E-state index in [9.17, 15) is 18.0 Å². The molecular formula is C9H5F3N2O3. The number of carboxylic acid groups (broad SMARTS) is 1. The van der Waals surface area contributed by atoms with Gasteiger partial charge >= 0.3 is 12.3 Å². The summed E-state index contributed by atoms with van der Waals surface area (Å²) in [4.78, 5) is 14.3. The molecule has 17 heavy (non-hydrogen) atoms. The number of hydrogen-bond acceptors (Lipinski definition) is 3. The highest BCUT2D eigenvalue weighted by atomic mass is 19.4. The molecule has 0 saturated heterocycles. The number of carboxylic acids is 1. The lowest BCUT2D eigenvalue weighted by molar-refractivity contribution is -0.274. The zero-order valence-electron chi connectivity index (χ0n) is 8.10. The SMILES string of the molecule is O=C(O)c1ncc2ccc(OC(F)(F)F)cn12. The van der Waals surface area contributed by atoms with Gasteiger partial charge in [-0.2, -0.15) is 0 Å². The maximum Gasteiger partial charge on any atom is 0.573 e. The lowest BCUT2D eigenvalue weighted by atomic mass is 10.4. The molecule has 0 saturated carbocycles. The van der Waals surface area contributed by atoms with Gasteiger partial charge in [-0.15, -0.1) is 13.2 Å². The minimum atomic E-state index is -4.82. The molecule has 0 unspecified atom stereocenters. The molecular weight excluding hydrogens is 241 g/mol. The summed E-state index contributed by atoms with van der Waals surface area (Å²) < 4.78 is 40.6. The number of hydrogen-bond donors (Lipinski definition) is 1. The molecule has 0 amide bonds. The van der Waals surface area contributed by atoms with Crippen molar-refractivity contribution in [3.05, 3.63) is 30.4 Å². The van der Waals surface area contributed by atoms with Crippen molar-refractivity contribution in [3.63, 3.8) is 0 Å². The average Bonchev–Trinajstić information content (AvgIpc) is 2.57. The number of fused-ring (bicyclic) bond motifs is 1. The van der Waals surface area contributed by atoms with Gasteiger partial charge in [0.25, 0.3) is 0 Å².